The predicted octanol–water partition coefficient (Wildman–Crippen LogP) is 2.61. The number of rotatable bonds is 5. The molecule has 0 saturated heterocycles. The fraction of sp³-hybridized carbons (Fsp3) is 0.400. The molecule has 0 amide bonds. The molecule has 0 saturated carbocycles. The van der Waals surface area contributed by atoms with Crippen molar-refractivity contribution in [3.8, 4) is 11.3 Å². The van der Waals surface area contributed by atoms with Crippen LogP contribution in [0, 0.1) is 0 Å². The summed E-state index contributed by atoms with van der Waals surface area (Å²) in [4.78, 5) is 4.50. The van der Waals surface area contributed by atoms with Crippen LogP contribution in [0.2, 0.25) is 0 Å². The number of hydrogen-bond donors (Lipinski definition) is 3. The van der Waals surface area contributed by atoms with Crippen LogP contribution in [0.25, 0.3) is 11.3 Å². The zero-order valence-electron chi connectivity index (χ0n) is 12.3. The molecule has 0 unspecified atom stereocenters. The summed E-state index contributed by atoms with van der Waals surface area (Å²) in [5, 5.41) is 17.7. The first-order valence-corrected chi connectivity index (χ1v) is 7.08. The van der Waals surface area contributed by atoms with Crippen LogP contribution in [0.15, 0.2) is 29.4 Å². The molecule has 20 heavy (non-hydrogen) atoms. The Balaban J connectivity index is 2.72. The van der Waals surface area contributed by atoms with Gasteiger partial charge in [0.05, 0.1) is 22.9 Å². The minimum atomic E-state index is 0.715. The third-order valence-electron chi connectivity index (χ3n) is 3.06. The van der Waals surface area contributed by atoms with Gasteiger partial charge in [-0.05, 0) is 39.0 Å². The second-order valence-electron chi connectivity index (χ2n) is 4.50. The lowest BCUT2D eigenvalue weighted by Gasteiger charge is -2.18. The summed E-state index contributed by atoms with van der Waals surface area (Å²) in [6, 6.07) is 5.97. The predicted molar refractivity (Wildman–Crippen MR) is 82.7 cm³/mol. The summed E-state index contributed by atoms with van der Waals surface area (Å²) in [6.45, 7) is 8.38. The summed E-state index contributed by atoms with van der Waals surface area (Å²) in [7, 11) is 0. The largest absolute Gasteiger partial charge is 0.428 e. The lowest BCUT2D eigenvalue weighted by molar-refractivity contribution is 0.190. The number of benzene rings is 1. The number of aromatic nitrogens is 1. The van der Waals surface area contributed by atoms with Gasteiger partial charge in [0.1, 0.15) is 5.69 Å². The summed E-state index contributed by atoms with van der Waals surface area (Å²) in [5.41, 5.74) is 3.47. The SMILES string of the molecule is CCN=c1ccc(NCC)c2n(O)cc(NCC)cc1-2. The van der Waals surface area contributed by atoms with Gasteiger partial charge in [0, 0.05) is 25.2 Å². The molecule has 0 bridgehead atoms. The molecule has 1 aliphatic carbocycles. The summed E-state index contributed by atoms with van der Waals surface area (Å²) in [6.07, 6.45) is 1.68. The van der Waals surface area contributed by atoms with Gasteiger partial charge < -0.3 is 15.8 Å². The molecule has 2 aliphatic rings. The molecule has 1 aliphatic heterocycles. The minimum absolute atomic E-state index is 0.715. The van der Waals surface area contributed by atoms with Crippen LogP contribution < -0.4 is 16.0 Å². The van der Waals surface area contributed by atoms with Crippen LogP contribution in [0.5, 0.6) is 0 Å². The topological polar surface area (TPSA) is 61.6 Å². The molecule has 1 heterocycles. The van der Waals surface area contributed by atoms with Crippen molar-refractivity contribution < 1.29 is 5.21 Å². The quantitative estimate of drug-likeness (QED) is 0.734. The number of fused-ring (bicyclic) bond motifs is 1. The highest BCUT2D eigenvalue weighted by Crippen LogP contribution is 2.28. The van der Waals surface area contributed by atoms with Crippen molar-refractivity contribution in [2.75, 3.05) is 30.3 Å². The fourth-order valence-corrected chi connectivity index (χ4v) is 2.32. The maximum absolute atomic E-state index is 10.3. The third-order valence-corrected chi connectivity index (χ3v) is 3.06. The van der Waals surface area contributed by atoms with Crippen molar-refractivity contribution in [1.82, 2.24) is 4.73 Å². The summed E-state index contributed by atoms with van der Waals surface area (Å²) < 4.78 is 1.17. The van der Waals surface area contributed by atoms with E-state index in [0.29, 0.717) is 6.54 Å². The van der Waals surface area contributed by atoms with Crippen molar-refractivity contribution in [3.63, 3.8) is 0 Å². The third kappa shape index (κ3) is 2.71. The number of nitrogens with zero attached hydrogens (tertiary/aromatic N) is 2. The van der Waals surface area contributed by atoms with Crippen LogP contribution in [0.1, 0.15) is 20.8 Å². The molecule has 0 aromatic carbocycles. The molecule has 2 rings (SSSR count). The lowest BCUT2D eigenvalue weighted by Crippen LogP contribution is -2.16. The van der Waals surface area contributed by atoms with Gasteiger partial charge in [0.15, 0.2) is 0 Å². The molecule has 0 radical (unpaired) electrons. The maximum atomic E-state index is 10.3. The van der Waals surface area contributed by atoms with Crippen LogP contribution in [0.3, 0.4) is 0 Å². The Bertz CT molecular complexity index is 618. The van der Waals surface area contributed by atoms with Gasteiger partial charge in [-0.3, -0.25) is 4.99 Å². The number of anilines is 2. The van der Waals surface area contributed by atoms with E-state index in [9.17, 15) is 5.21 Å². The number of nitrogens with one attached hydrogen (secondary N) is 2. The van der Waals surface area contributed by atoms with Crippen molar-refractivity contribution >= 4 is 11.4 Å². The van der Waals surface area contributed by atoms with Gasteiger partial charge in [-0.1, -0.05) is 0 Å². The molecule has 0 aromatic rings. The van der Waals surface area contributed by atoms with Crippen LogP contribution >= 0.6 is 0 Å². The van der Waals surface area contributed by atoms with E-state index < -0.39 is 0 Å². The van der Waals surface area contributed by atoms with E-state index in [0.717, 1.165) is 41.1 Å². The first kappa shape index (κ1) is 14.2. The Kier molecular flexibility index (Phi) is 4.50. The van der Waals surface area contributed by atoms with E-state index in [4.69, 9.17) is 0 Å². The Labute approximate surface area is 119 Å². The summed E-state index contributed by atoms with van der Waals surface area (Å²) in [5.74, 6) is 0. The number of pyridine rings is 1. The van der Waals surface area contributed by atoms with E-state index in [-0.39, 0.29) is 0 Å². The van der Waals surface area contributed by atoms with Gasteiger partial charge in [-0.25, -0.2) is 0 Å². The monoisotopic (exact) mass is 274 g/mol. The number of hydrogen-bond acceptors (Lipinski definition) is 4. The van der Waals surface area contributed by atoms with Gasteiger partial charge in [0.25, 0.3) is 0 Å². The highest BCUT2D eigenvalue weighted by atomic mass is 16.5. The molecular weight excluding hydrogens is 252 g/mol. The van der Waals surface area contributed by atoms with E-state index in [1.54, 1.807) is 6.20 Å². The van der Waals surface area contributed by atoms with E-state index in [1.807, 2.05) is 39.0 Å². The minimum Gasteiger partial charge on any atom is -0.428 e. The fourth-order valence-electron chi connectivity index (χ4n) is 2.32. The zero-order chi connectivity index (χ0) is 14.5. The second kappa shape index (κ2) is 6.32. The van der Waals surface area contributed by atoms with Crippen molar-refractivity contribution in [2.24, 2.45) is 4.99 Å². The smallest absolute Gasteiger partial charge is 0.112 e. The van der Waals surface area contributed by atoms with E-state index in [1.165, 1.54) is 4.73 Å². The molecule has 108 valence electrons. The zero-order valence-corrected chi connectivity index (χ0v) is 12.3. The van der Waals surface area contributed by atoms with Gasteiger partial charge in [-0.15, -0.1) is 0 Å². The van der Waals surface area contributed by atoms with Crippen LogP contribution in [-0.4, -0.2) is 29.6 Å². The highest BCUT2D eigenvalue weighted by molar-refractivity contribution is 5.78. The normalized spacial score (nSPS) is 11.8. The van der Waals surface area contributed by atoms with Crippen molar-refractivity contribution in [2.45, 2.75) is 20.8 Å². The molecule has 0 fully saturated rings. The maximum Gasteiger partial charge on any atom is 0.112 e. The first-order chi connectivity index (χ1) is 9.71. The molecule has 0 aromatic heterocycles. The average Bonchev–Trinajstić information content (AvgIpc) is 2.42. The van der Waals surface area contributed by atoms with Crippen molar-refractivity contribution in [3.05, 3.63) is 29.8 Å². The highest BCUT2D eigenvalue weighted by Gasteiger charge is 2.15. The van der Waals surface area contributed by atoms with Gasteiger partial charge >= 0.3 is 0 Å². The Morgan fingerprint density at radius 2 is 1.90 bits per heavy atom. The lowest BCUT2D eigenvalue weighted by atomic mass is 10.1. The van der Waals surface area contributed by atoms with Crippen molar-refractivity contribution in [1.29, 1.82) is 0 Å². The molecular formula is C15H22N4O. The van der Waals surface area contributed by atoms with Gasteiger partial charge in [0.2, 0.25) is 0 Å². The van der Waals surface area contributed by atoms with Crippen LogP contribution in [-0.2, 0) is 0 Å². The van der Waals surface area contributed by atoms with Crippen LogP contribution in [0.4, 0.5) is 11.4 Å². The van der Waals surface area contributed by atoms with E-state index >= 15 is 0 Å². The average molecular weight is 274 g/mol. The Morgan fingerprint density at radius 3 is 2.55 bits per heavy atom. The Hall–Kier alpha value is -2.17. The molecule has 5 nitrogen and oxygen atoms in total. The first-order valence-electron chi connectivity index (χ1n) is 7.08. The molecule has 5 heteroatoms. The second-order valence-corrected chi connectivity index (χ2v) is 4.50. The molecule has 0 spiro atoms. The summed E-state index contributed by atoms with van der Waals surface area (Å²) >= 11 is 0. The Morgan fingerprint density at radius 1 is 1.15 bits per heavy atom. The van der Waals surface area contributed by atoms with Gasteiger partial charge in [-0.2, -0.15) is 4.73 Å². The van der Waals surface area contributed by atoms with E-state index in [2.05, 4.69) is 15.6 Å². The standard InChI is InChI=1S/C15H22N4O/c1-4-16-11-9-12-13(17-5-2)7-8-14(18-6-3)15(12)19(20)10-11/h7-10,16,18,20H,4-6H2,1-3H3. The molecule has 0 atom stereocenters. The molecule has 3 N–H and O–H groups in total.